The molecule has 1 saturated heterocycles. The van der Waals surface area contributed by atoms with Crippen molar-refractivity contribution in [1.82, 2.24) is 9.88 Å². The van der Waals surface area contributed by atoms with Crippen LogP contribution < -0.4 is 4.90 Å². The van der Waals surface area contributed by atoms with Crippen molar-refractivity contribution >= 4 is 34.8 Å². The zero-order valence-electron chi connectivity index (χ0n) is 13.7. The highest BCUT2D eigenvalue weighted by Crippen LogP contribution is 2.25. The number of aryl methyl sites for hydroxylation is 1. The molecule has 126 valence electrons. The molecule has 1 fully saturated rings. The SMILES string of the molecule is Cc1cccc(N2CCN(C(=O)c3cnc(Cl)c(Cl)c3)CC2)c1C. The Morgan fingerprint density at radius 1 is 1.12 bits per heavy atom. The Morgan fingerprint density at radius 3 is 2.50 bits per heavy atom. The number of aromatic nitrogens is 1. The van der Waals surface area contributed by atoms with E-state index in [-0.39, 0.29) is 11.1 Å². The smallest absolute Gasteiger partial charge is 0.255 e. The number of nitrogens with zero attached hydrogens (tertiary/aromatic N) is 3. The number of piperazine rings is 1. The highest BCUT2D eigenvalue weighted by Gasteiger charge is 2.23. The van der Waals surface area contributed by atoms with Crippen LogP contribution >= 0.6 is 23.2 Å². The van der Waals surface area contributed by atoms with Gasteiger partial charge in [0.05, 0.1) is 10.6 Å². The molecule has 1 aromatic heterocycles. The van der Waals surface area contributed by atoms with Gasteiger partial charge < -0.3 is 9.80 Å². The maximum Gasteiger partial charge on any atom is 0.255 e. The molecule has 0 aliphatic carbocycles. The van der Waals surface area contributed by atoms with Gasteiger partial charge >= 0.3 is 0 Å². The van der Waals surface area contributed by atoms with Crippen LogP contribution in [0.2, 0.25) is 10.2 Å². The summed E-state index contributed by atoms with van der Waals surface area (Å²) in [4.78, 5) is 20.7. The number of pyridine rings is 1. The summed E-state index contributed by atoms with van der Waals surface area (Å²) in [7, 11) is 0. The fraction of sp³-hybridized carbons (Fsp3) is 0.333. The lowest BCUT2D eigenvalue weighted by Gasteiger charge is -2.37. The number of halogens is 2. The molecular formula is C18H19Cl2N3O. The number of hydrogen-bond acceptors (Lipinski definition) is 3. The van der Waals surface area contributed by atoms with Crippen LogP contribution in [0.3, 0.4) is 0 Å². The molecule has 0 saturated carbocycles. The van der Waals surface area contributed by atoms with Crippen molar-refractivity contribution in [3.05, 3.63) is 57.3 Å². The molecule has 1 aromatic carbocycles. The van der Waals surface area contributed by atoms with Crippen molar-refractivity contribution in [3.63, 3.8) is 0 Å². The van der Waals surface area contributed by atoms with Crippen LogP contribution in [0.4, 0.5) is 5.69 Å². The van der Waals surface area contributed by atoms with Gasteiger partial charge in [0.15, 0.2) is 0 Å². The number of benzene rings is 1. The largest absolute Gasteiger partial charge is 0.368 e. The molecule has 2 aromatic rings. The van der Waals surface area contributed by atoms with Crippen molar-refractivity contribution in [1.29, 1.82) is 0 Å². The first kappa shape index (κ1) is 17.1. The summed E-state index contributed by atoms with van der Waals surface area (Å²) < 4.78 is 0. The molecule has 0 N–H and O–H groups in total. The number of anilines is 1. The zero-order chi connectivity index (χ0) is 17.3. The van der Waals surface area contributed by atoms with E-state index >= 15 is 0 Å². The second kappa shape index (κ2) is 6.99. The number of rotatable bonds is 2. The molecule has 0 radical (unpaired) electrons. The third kappa shape index (κ3) is 3.35. The van der Waals surface area contributed by atoms with E-state index in [4.69, 9.17) is 23.2 Å². The summed E-state index contributed by atoms with van der Waals surface area (Å²) in [6.45, 7) is 7.23. The van der Waals surface area contributed by atoms with Crippen molar-refractivity contribution in [2.24, 2.45) is 0 Å². The Balaban J connectivity index is 1.69. The fourth-order valence-corrected chi connectivity index (χ4v) is 3.22. The van der Waals surface area contributed by atoms with E-state index in [0.717, 1.165) is 13.1 Å². The van der Waals surface area contributed by atoms with Gasteiger partial charge in [0.25, 0.3) is 5.91 Å². The van der Waals surface area contributed by atoms with E-state index in [1.807, 2.05) is 4.90 Å². The van der Waals surface area contributed by atoms with Crippen molar-refractivity contribution < 1.29 is 4.79 Å². The Hall–Kier alpha value is -1.78. The van der Waals surface area contributed by atoms with Gasteiger partial charge in [0.2, 0.25) is 0 Å². The van der Waals surface area contributed by atoms with Crippen LogP contribution in [0.25, 0.3) is 0 Å². The Labute approximate surface area is 152 Å². The molecule has 1 aliphatic heterocycles. The fourth-order valence-electron chi connectivity index (χ4n) is 2.95. The Kier molecular flexibility index (Phi) is 4.97. The van der Waals surface area contributed by atoms with Gasteiger partial charge in [0.1, 0.15) is 5.15 Å². The van der Waals surface area contributed by atoms with E-state index in [9.17, 15) is 4.79 Å². The molecule has 3 rings (SSSR count). The van der Waals surface area contributed by atoms with Gasteiger partial charge in [-0.3, -0.25) is 4.79 Å². The molecule has 0 spiro atoms. The van der Waals surface area contributed by atoms with Crippen molar-refractivity contribution in [2.75, 3.05) is 31.1 Å². The van der Waals surface area contributed by atoms with Crippen LogP contribution in [0.15, 0.2) is 30.5 Å². The van der Waals surface area contributed by atoms with Crippen LogP contribution in [0.1, 0.15) is 21.5 Å². The zero-order valence-corrected chi connectivity index (χ0v) is 15.2. The molecule has 2 heterocycles. The lowest BCUT2D eigenvalue weighted by Crippen LogP contribution is -2.49. The number of carbonyl (C=O) groups excluding carboxylic acids is 1. The third-order valence-electron chi connectivity index (χ3n) is 4.53. The summed E-state index contributed by atoms with van der Waals surface area (Å²) in [5.41, 5.74) is 4.31. The minimum Gasteiger partial charge on any atom is -0.368 e. The van der Waals surface area contributed by atoms with Crippen LogP contribution in [-0.2, 0) is 0 Å². The molecule has 6 heteroatoms. The van der Waals surface area contributed by atoms with Crippen LogP contribution in [0, 0.1) is 13.8 Å². The lowest BCUT2D eigenvalue weighted by atomic mass is 10.1. The molecule has 0 atom stereocenters. The maximum atomic E-state index is 12.6. The summed E-state index contributed by atoms with van der Waals surface area (Å²) in [6.07, 6.45) is 1.48. The first-order valence-corrected chi connectivity index (χ1v) is 8.64. The van der Waals surface area contributed by atoms with Crippen LogP contribution in [-0.4, -0.2) is 42.0 Å². The van der Waals surface area contributed by atoms with Gasteiger partial charge in [-0.15, -0.1) is 0 Å². The minimum atomic E-state index is -0.0540. The summed E-state index contributed by atoms with van der Waals surface area (Å²) in [5.74, 6) is -0.0540. The molecule has 4 nitrogen and oxygen atoms in total. The third-order valence-corrected chi connectivity index (χ3v) is 5.21. The maximum absolute atomic E-state index is 12.6. The van der Waals surface area contributed by atoms with E-state index in [2.05, 4.69) is 41.9 Å². The van der Waals surface area contributed by atoms with E-state index < -0.39 is 0 Å². The number of hydrogen-bond donors (Lipinski definition) is 0. The molecule has 24 heavy (non-hydrogen) atoms. The first-order chi connectivity index (χ1) is 11.5. The van der Waals surface area contributed by atoms with Crippen molar-refractivity contribution in [2.45, 2.75) is 13.8 Å². The predicted molar refractivity (Wildman–Crippen MR) is 98.3 cm³/mol. The lowest BCUT2D eigenvalue weighted by molar-refractivity contribution is 0.0746. The van der Waals surface area contributed by atoms with Crippen molar-refractivity contribution in [3.8, 4) is 0 Å². The normalized spacial score (nSPS) is 14.8. The minimum absolute atomic E-state index is 0.0540. The average Bonchev–Trinajstić information content (AvgIpc) is 2.59. The molecule has 0 bridgehead atoms. The van der Waals surface area contributed by atoms with Gasteiger partial charge in [-0.05, 0) is 37.1 Å². The number of carbonyl (C=O) groups is 1. The van der Waals surface area contributed by atoms with Gasteiger partial charge in [0, 0.05) is 38.1 Å². The quantitative estimate of drug-likeness (QED) is 0.757. The molecule has 1 amide bonds. The van der Waals surface area contributed by atoms with Gasteiger partial charge in [-0.1, -0.05) is 35.3 Å². The monoisotopic (exact) mass is 363 g/mol. The van der Waals surface area contributed by atoms with Crippen LogP contribution in [0.5, 0.6) is 0 Å². The molecular weight excluding hydrogens is 345 g/mol. The Morgan fingerprint density at radius 2 is 1.83 bits per heavy atom. The highest BCUT2D eigenvalue weighted by molar-refractivity contribution is 6.41. The van der Waals surface area contributed by atoms with E-state index in [0.29, 0.717) is 23.7 Å². The summed E-state index contributed by atoms with van der Waals surface area (Å²) in [6, 6.07) is 7.92. The summed E-state index contributed by atoms with van der Waals surface area (Å²) >= 11 is 11.8. The topological polar surface area (TPSA) is 36.4 Å². The van der Waals surface area contributed by atoms with Gasteiger partial charge in [-0.25, -0.2) is 4.98 Å². The standard InChI is InChI=1S/C18H19Cl2N3O/c1-12-4-3-5-16(13(12)2)22-6-8-23(9-7-22)18(24)14-10-15(19)17(20)21-11-14/h3-5,10-11H,6-9H2,1-2H3. The molecule has 1 aliphatic rings. The first-order valence-electron chi connectivity index (χ1n) is 7.89. The second-order valence-corrected chi connectivity index (χ2v) is 6.76. The molecule has 0 unspecified atom stereocenters. The highest BCUT2D eigenvalue weighted by atomic mass is 35.5. The van der Waals surface area contributed by atoms with E-state index in [1.165, 1.54) is 23.0 Å². The predicted octanol–water partition coefficient (Wildman–Crippen LogP) is 3.97. The van der Waals surface area contributed by atoms with E-state index in [1.54, 1.807) is 6.07 Å². The average molecular weight is 364 g/mol. The second-order valence-electron chi connectivity index (χ2n) is 5.99. The van der Waals surface area contributed by atoms with Gasteiger partial charge in [-0.2, -0.15) is 0 Å². The number of amides is 1. The summed E-state index contributed by atoms with van der Waals surface area (Å²) in [5, 5.41) is 0.518. The Bertz CT molecular complexity index is 771.